The molecule has 2 aromatic rings. The minimum Gasteiger partial charge on any atom is -0.472 e. The standard InChI is InChI=1S/C15H16N2O/c1-4-15(2,3)18-14-9-11(10-16)12-7-5-6-8-13(12)17-14/h5-9H,4H2,1-3H3. The van der Waals surface area contributed by atoms with Crippen LogP contribution in [0.2, 0.25) is 0 Å². The predicted octanol–water partition coefficient (Wildman–Crippen LogP) is 3.67. The van der Waals surface area contributed by atoms with Gasteiger partial charge in [0.05, 0.1) is 11.1 Å². The van der Waals surface area contributed by atoms with Crippen molar-refractivity contribution in [2.75, 3.05) is 0 Å². The van der Waals surface area contributed by atoms with Crippen LogP contribution in [0.1, 0.15) is 32.8 Å². The Kier molecular flexibility index (Phi) is 3.20. The number of aromatic nitrogens is 1. The Morgan fingerprint density at radius 3 is 2.72 bits per heavy atom. The fourth-order valence-electron chi connectivity index (χ4n) is 1.65. The molecule has 18 heavy (non-hydrogen) atoms. The lowest BCUT2D eigenvalue weighted by Gasteiger charge is -2.24. The molecule has 0 atom stereocenters. The van der Waals surface area contributed by atoms with Gasteiger partial charge in [-0.2, -0.15) is 5.26 Å². The van der Waals surface area contributed by atoms with Gasteiger partial charge in [-0.15, -0.1) is 0 Å². The van der Waals surface area contributed by atoms with Gasteiger partial charge in [0, 0.05) is 11.5 Å². The number of para-hydroxylation sites is 1. The first-order chi connectivity index (χ1) is 8.55. The molecule has 2 rings (SSSR count). The van der Waals surface area contributed by atoms with E-state index in [2.05, 4.69) is 18.0 Å². The third kappa shape index (κ3) is 2.43. The molecular weight excluding hydrogens is 224 g/mol. The van der Waals surface area contributed by atoms with E-state index in [-0.39, 0.29) is 5.60 Å². The molecule has 0 saturated carbocycles. The molecule has 0 N–H and O–H groups in total. The van der Waals surface area contributed by atoms with E-state index in [9.17, 15) is 5.26 Å². The van der Waals surface area contributed by atoms with Crippen LogP contribution in [-0.4, -0.2) is 10.6 Å². The van der Waals surface area contributed by atoms with Crippen LogP contribution in [-0.2, 0) is 0 Å². The fourth-order valence-corrected chi connectivity index (χ4v) is 1.65. The van der Waals surface area contributed by atoms with Gasteiger partial charge in [-0.25, -0.2) is 4.98 Å². The second-order valence-corrected chi connectivity index (χ2v) is 4.85. The number of nitriles is 1. The number of pyridine rings is 1. The molecule has 0 amide bonds. The van der Waals surface area contributed by atoms with Crippen LogP contribution in [0.5, 0.6) is 5.88 Å². The molecule has 0 unspecified atom stereocenters. The van der Waals surface area contributed by atoms with Crippen molar-refractivity contribution in [2.45, 2.75) is 32.8 Å². The van der Waals surface area contributed by atoms with Gasteiger partial charge >= 0.3 is 0 Å². The highest BCUT2D eigenvalue weighted by Crippen LogP contribution is 2.25. The maximum absolute atomic E-state index is 9.18. The lowest BCUT2D eigenvalue weighted by Crippen LogP contribution is -2.27. The molecule has 0 aliphatic heterocycles. The Hall–Kier alpha value is -2.08. The number of rotatable bonds is 3. The van der Waals surface area contributed by atoms with Crippen LogP contribution < -0.4 is 4.74 Å². The van der Waals surface area contributed by atoms with Gasteiger partial charge in [-0.05, 0) is 26.3 Å². The first kappa shape index (κ1) is 12.4. The highest BCUT2D eigenvalue weighted by Gasteiger charge is 2.18. The van der Waals surface area contributed by atoms with E-state index in [1.807, 2.05) is 38.1 Å². The van der Waals surface area contributed by atoms with Crippen molar-refractivity contribution in [3.8, 4) is 11.9 Å². The highest BCUT2D eigenvalue weighted by molar-refractivity contribution is 5.85. The monoisotopic (exact) mass is 240 g/mol. The SMILES string of the molecule is CCC(C)(C)Oc1cc(C#N)c2ccccc2n1. The number of ether oxygens (including phenoxy) is 1. The summed E-state index contributed by atoms with van der Waals surface area (Å²) in [7, 11) is 0. The van der Waals surface area contributed by atoms with Crippen molar-refractivity contribution >= 4 is 10.9 Å². The summed E-state index contributed by atoms with van der Waals surface area (Å²) in [5.74, 6) is 0.511. The van der Waals surface area contributed by atoms with Gasteiger partial charge in [0.25, 0.3) is 0 Å². The number of benzene rings is 1. The molecule has 3 heteroatoms. The van der Waals surface area contributed by atoms with E-state index in [4.69, 9.17) is 4.74 Å². The van der Waals surface area contributed by atoms with Crippen LogP contribution in [0.3, 0.4) is 0 Å². The largest absolute Gasteiger partial charge is 0.472 e. The molecule has 0 spiro atoms. The summed E-state index contributed by atoms with van der Waals surface area (Å²) >= 11 is 0. The van der Waals surface area contributed by atoms with Crippen LogP contribution in [0.15, 0.2) is 30.3 Å². The van der Waals surface area contributed by atoms with Gasteiger partial charge in [-0.3, -0.25) is 0 Å². The van der Waals surface area contributed by atoms with Gasteiger partial charge in [0.15, 0.2) is 0 Å². The molecular formula is C15H16N2O. The topological polar surface area (TPSA) is 45.9 Å². The lowest BCUT2D eigenvalue weighted by atomic mass is 10.1. The Balaban J connectivity index is 2.51. The van der Waals surface area contributed by atoms with Crippen molar-refractivity contribution < 1.29 is 4.74 Å². The molecule has 1 aromatic heterocycles. The third-order valence-corrected chi connectivity index (χ3v) is 3.05. The summed E-state index contributed by atoms with van der Waals surface area (Å²) in [4.78, 5) is 4.44. The Morgan fingerprint density at radius 2 is 2.06 bits per heavy atom. The molecule has 0 aliphatic rings. The molecule has 1 aromatic carbocycles. The first-order valence-corrected chi connectivity index (χ1v) is 6.04. The summed E-state index contributed by atoms with van der Waals surface area (Å²) in [5, 5.41) is 10.0. The molecule has 0 fully saturated rings. The molecule has 1 heterocycles. The van der Waals surface area contributed by atoms with Crippen LogP contribution in [0, 0.1) is 11.3 Å². The van der Waals surface area contributed by atoms with Crippen molar-refractivity contribution in [3.63, 3.8) is 0 Å². The van der Waals surface area contributed by atoms with E-state index in [0.717, 1.165) is 17.3 Å². The summed E-state index contributed by atoms with van der Waals surface area (Å²) in [6, 6.07) is 11.5. The Bertz CT molecular complexity index is 611. The summed E-state index contributed by atoms with van der Waals surface area (Å²) in [6.45, 7) is 6.08. The van der Waals surface area contributed by atoms with E-state index in [1.54, 1.807) is 6.07 Å². The van der Waals surface area contributed by atoms with E-state index >= 15 is 0 Å². The first-order valence-electron chi connectivity index (χ1n) is 6.04. The smallest absolute Gasteiger partial charge is 0.215 e. The molecule has 0 aliphatic carbocycles. The van der Waals surface area contributed by atoms with Gasteiger partial charge in [0.2, 0.25) is 5.88 Å². The molecule has 3 nitrogen and oxygen atoms in total. The average molecular weight is 240 g/mol. The third-order valence-electron chi connectivity index (χ3n) is 3.05. The zero-order valence-electron chi connectivity index (χ0n) is 10.9. The van der Waals surface area contributed by atoms with Crippen LogP contribution in [0.25, 0.3) is 10.9 Å². The van der Waals surface area contributed by atoms with Gasteiger partial charge in [0.1, 0.15) is 11.7 Å². The van der Waals surface area contributed by atoms with Crippen LogP contribution in [0.4, 0.5) is 0 Å². The summed E-state index contributed by atoms with van der Waals surface area (Å²) in [6.07, 6.45) is 0.878. The van der Waals surface area contributed by atoms with Gasteiger partial charge < -0.3 is 4.74 Å². The zero-order chi connectivity index (χ0) is 13.2. The van der Waals surface area contributed by atoms with Crippen molar-refractivity contribution in [1.82, 2.24) is 4.98 Å². The van der Waals surface area contributed by atoms with Gasteiger partial charge in [-0.1, -0.05) is 25.1 Å². The number of nitrogens with zero attached hydrogens (tertiary/aromatic N) is 2. The maximum Gasteiger partial charge on any atom is 0.215 e. The molecule has 0 saturated heterocycles. The van der Waals surface area contributed by atoms with E-state index < -0.39 is 0 Å². The summed E-state index contributed by atoms with van der Waals surface area (Å²) < 4.78 is 5.84. The van der Waals surface area contributed by atoms with Crippen molar-refractivity contribution in [2.24, 2.45) is 0 Å². The second kappa shape index (κ2) is 4.66. The maximum atomic E-state index is 9.18. The van der Waals surface area contributed by atoms with E-state index in [1.165, 1.54) is 0 Å². The highest BCUT2D eigenvalue weighted by atomic mass is 16.5. The average Bonchev–Trinajstić information content (AvgIpc) is 2.37. The molecule has 0 bridgehead atoms. The zero-order valence-corrected chi connectivity index (χ0v) is 10.9. The molecule has 92 valence electrons. The van der Waals surface area contributed by atoms with Crippen molar-refractivity contribution in [1.29, 1.82) is 5.26 Å². The van der Waals surface area contributed by atoms with Crippen LogP contribution >= 0.6 is 0 Å². The summed E-state index contributed by atoms with van der Waals surface area (Å²) in [5.41, 5.74) is 1.11. The fraction of sp³-hybridized carbons (Fsp3) is 0.333. The Morgan fingerprint density at radius 1 is 1.33 bits per heavy atom. The number of hydrogen-bond acceptors (Lipinski definition) is 3. The Labute approximate surface area is 107 Å². The van der Waals surface area contributed by atoms with E-state index in [0.29, 0.717) is 11.4 Å². The number of hydrogen-bond donors (Lipinski definition) is 0. The second-order valence-electron chi connectivity index (χ2n) is 4.85. The number of fused-ring (bicyclic) bond motifs is 1. The molecule has 0 radical (unpaired) electrons. The predicted molar refractivity (Wildman–Crippen MR) is 71.5 cm³/mol. The minimum absolute atomic E-state index is 0.276. The minimum atomic E-state index is -0.276. The van der Waals surface area contributed by atoms with Crippen molar-refractivity contribution in [3.05, 3.63) is 35.9 Å². The normalized spacial score (nSPS) is 11.2. The lowest BCUT2D eigenvalue weighted by molar-refractivity contribution is 0.0995. The quantitative estimate of drug-likeness (QED) is 0.822.